The van der Waals surface area contributed by atoms with Crippen LogP contribution in [0.15, 0.2) is 55.0 Å². The van der Waals surface area contributed by atoms with E-state index in [1.807, 2.05) is 53.8 Å². The van der Waals surface area contributed by atoms with Crippen molar-refractivity contribution in [3.05, 3.63) is 55.0 Å². The quantitative estimate of drug-likeness (QED) is 0.404. The number of carbonyl (C=O) groups excluding carboxylic acids is 1. The van der Waals surface area contributed by atoms with Crippen LogP contribution < -0.4 is 14.4 Å². The zero-order valence-electron chi connectivity index (χ0n) is 21.8. The molecule has 1 unspecified atom stereocenters. The van der Waals surface area contributed by atoms with E-state index in [1.54, 1.807) is 7.11 Å². The standard InChI is InChI=1S/C29H34N6O3/c1-37-22-4-6-23(7-5-22)38-20-21-3-2-12-35(18-21)27(36)19-33-13-15-34(16-14-33)26-9-11-30-25-17-32-29-24(28(25)26)8-10-31-29/h4-11,17,21,30H,2-3,12-16,18-20H2,1H3. The number of methoxy groups -OCH3 is 1. The minimum atomic E-state index is 0.225. The lowest BCUT2D eigenvalue weighted by Crippen LogP contribution is -2.51. The van der Waals surface area contributed by atoms with Crippen molar-refractivity contribution in [2.45, 2.75) is 12.8 Å². The molecule has 2 saturated heterocycles. The second-order valence-electron chi connectivity index (χ2n) is 10.2. The summed E-state index contributed by atoms with van der Waals surface area (Å²) in [5.41, 5.74) is 2.98. The van der Waals surface area contributed by atoms with Gasteiger partial charge in [0.25, 0.3) is 0 Å². The molecule has 0 spiro atoms. The molecule has 2 aliphatic rings. The van der Waals surface area contributed by atoms with Crippen LogP contribution in [0.2, 0.25) is 0 Å². The first kappa shape index (κ1) is 24.5. The molecule has 0 radical (unpaired) electrons. The highest BCUT2D eigenvalue weighted by molar-refractivity contribution is 6.10. The first-order valence-corrected chi connectivity index (χ1v) is 13.4. The van der Waals surface area contributed by atoms with Crippen LogP contribution in [0.5, 0.6) is 11.5 Å². The van der Waals surface area contributed by atoms with Crippen LogP contribution in [-0.4, -0.2) is 90.2 Å². The highest BCUT2D eigenvalue weighted by Crippen LogP contribution is 2.31. The Hall–Kier alpha value is -3.85. The van der Waals surface area contributed by atoms with Crippen LogP contribution in [0, 0.1) is 5.92 Å². The van der Waals surface area contributed by atoms with Crippen molar-refractivity contribution in [2.24, 2.45) is 5.92 Å². The summed E-state index contributed by atoms with van der Waals surface area (Å²) in [6.07, 6.45) is 7.75. The number of fused-ring (bicyclic) bond motifs is 3. The number of carbonyl (C=O) groups is 1. The maximum atomic E-state index is 13.2. The summed E-state index contributed by atoms with van der Waals surface area (Å²) in [6, 6.07) is 11.8. The molecule has 0 bridgehead atoms. The molecule has 38 heavy (non-hydrogen) atoms. The molecule has 0 saturated carbocycles. The molecular weight excluding hydrogens is 480 g/mol. The summed E-state index contributed by atoms with van der Waals surface area (Å²) in [5.74, 6) is 2.23. The van der Waals surface area contributed by atoms with E-state index >= 15 is 0 Å². The van der Waals surface area contributed by atoms with Crippen molar-refractivity contribution in [3.63, 3.8) is 0 Å². The molecule has 3 aromatic heterocycles. The van der Waals surface area contributed by atoms with Crippen LogP contribution in [0.3, 0.4) is 0 Å². The molecule has 1 amide bonds. The van der Waals surface area contributed by atoms with Crippen molar-refractivity contribution in [2.75, 3.05) is 64.4 Å². The van der Waals surface area contributed by atoms with Gasteiger partial charge in [0.1, 0.15) is 11.5 Å². The van der Waals surface area contributed by atoms with Gasteiger partial charge < -0.3 is 24.3 Å². The van der Waals surface area contributed by atoms with Crippen LogP contribution in [0.25, 0.3) is 21.9 Å². The van der Waals surface area contributed by atoms with Gasteiger partial charge >= 0.3 is 0 Å². The van der Waals surface area contributed by atoms with Gasteiger partial charge in [0.2, 0.25) is 5.91 Å². The minimum Gasteiger partial charge on any atom is -0.497 e. The highest BCUT2D eigenvalue weighted by atomic mass is 16.5. The predicted molar refractivity (Wildman–Crippen MR) is 148 cm³/mol. The largest absolute Gasteiger partial charge is 0.497 e. The summed E-state index contributed by atoms with van der Waals surface area (Å²) in [6.45, 7) is 6.17. The summed E-state index contributed by atoms with van der Waals surface area (Å²) in [7, 11) is 1.66. The second-order valence-corrected chi connectivity index (χ2v) is 10.2. The fourth-order valence-corrected chi connectivity index (χ4v) is 5.65. The number of benzene rings is 1. The molecule has 5 heterocycles. The number of ether oxygens (including phenoxy) is 2. The van der Waals surface area contributed by atoms with Gasteiger partial charge in [0.05, 0.1) is 32.0 Å². The molecule has 0 aliphatic carbocycles. The molecule has 9 nitrogen and oxygen atoms in total. The number of aromatic nitrogens is 3. The van der Waals surface area contributed by atoms with Crippen molar-refractivity contribution in [1.29, 1.82) is 0 Å². The van der Waals surface area contributed by atoms with E-state index in [1.165, 1.54) is 5.69 Å². The number of nitrogens with one attached hydrogen (secondary N) is 1. The van der Waals surface area contributed by atoms with E-state index < -0.39 is 0 Å². The molecule has 9 heteroatoms. The smallest absolute Gasteiger partial charge is 0.236 e. The number of pyridine rings is 2. The van der Waals surface area contributed by atoms with Crippen LogP contribution in [-0.2, 0) is 4.79 Å². The van der Waals surface area contributed by atoms with Crippen molar-refractivity contribution in [1.82, 2.24) is 24.8 Å². The van der Waals surface area contributed by atoms with Gasteiger partial charge in [-0.2, -0.15) is 0 Å². The lowest BCUT2D eigenvalue weighted by molar-refractivity contribution is -0.134. The zero-order valence-corrected chi connectivity index (χ0v) is 21.8. The van der Waals surface area contributed by atoms with Crippen molar-refractivity contribution >= 4 is 33.5 Å². The molecule has 2 fully saturated rings. The first-order chi connectivity index (χ1) is 18.7. The highest BCUT2D eigenvalue weighted by Gasteiger charge is 2.27. The second kappa shape index (κ2) is 10.9. The maximum Gasteiger partial charge on any atom is 0.236 e. The molecule has 1 aromatic carbocycles. The monoisotopic (exact) mass is 514 g/mol. The Morgan fingerprint density at radius 2 is 1.84 bits per heavy atom. The van der Waals surface area contributed by atoms with Gasteiger partial charge in [-0.3, -0.25) is 9.69 Å². The van der Waals surface area contributed by atoms with Crippen LogP contribution in [0.1, 0.15) is 12.8 Å². The fraction of sp³-hybridized carbons (Fsp3) is 0.414. The number of rotatable bonds is 7. The summed E-state index contributed by atoms with van der Waals surface area (Å²) in [4.78, 5) is 32.1. The number of hydrogen-bond acceptors (Lipinski definition) is 7. The third-order valence-electron chi connectivity index (χ3n) is 7.76. The number of likely N-dealkylation sites (tertiary alicyclic amines) is 1. The Kier molecular flexibility index (Phi) is 7.00. The molecule has 1 N–H and O–H groups in total. The van der Waals surface area contributed by atoms with Gasteiger partial charge in [-0.25, -0.2) is 9.97 Å². The lowest BCUT2D eigenvalue weighted by Gasteiger charge is -2.38. The third kappa shape index (κ3) is 5.11. The summed E-state index contributed by atoms with van der Waals surface area (Å²) < 4.78 is 11.2. The van der Waals surface area contributed by atoms with Gasteiger partial charge in [-0.1, -0.05) is 0 Å². The van der Waals surface area contributed by atoms with Crippen LogP contribution in [0.4, 0.5) is 5.69 Å². The van der Waals surface area contributed by atoms with E-state index in [0.717, 1.165) is 85.5 Å². The molecule has 2 aliphatic heterocycles. The number of aromatic amines is 1. The normalized spacial score (nSPS) is 18.7. The molecule has 4 aromatic rings. The Balaban J connectivity index is 1.02. The van der Waals surface area contributed by atoms with Gasteiger partial charge in [-0.05, 0) is 49.2 Å². The van der Waals surface area contributed by atoms with Crippen molar-refractivity contribution in [3.8, 4) is 11.5 Å². The average molecular weight is 515 g/mol. The molecule has 1 atom stereocenters. The molecule has 198 valence electrons. The van der Waals surface area contributed by atoms with E-state index in [0.29, 0.717) is 19.1 Å². The van der Waals surface area contributed by atoms with Gasteiger partial charge in [0, 0.05) is 74.0 Å². The number of amides is 1. The number of piperidine rings is 1. The number of anilines is 1. The Bertz CT molecular complexity index is 1400. The molecular formula is C29H34N6O3. The maximum absolute atomic E-state index is 13.2. The number of nitrogens with zero attached hydrogens (tertiary/aromatic N) is 5. The first-order valence-electron chi connectivity index (χ1n) is 13.4. The van der Waals surface area contributed by atoms with Crippen LogP contribution >= 0.6 is 0 Å². The zero-order chi connectivity index (χ0) is 25.9. The summed E-state index contributed by atoms with van der Waals surface area (Å²) >= 11 is 0. The summed E-state index contributed by atoms with van der Waals surface area (Å²) in [5, 5.41) is 2.23. The topological polar surface area (TPSA) is 86.8 Å². The van der Waals surface area contributed by atoms with E-state index in [-0.39, 0.29) is 5.91 Å². The van der Waals surface area contributed by atoms with Crippen molar-refractivity contribution < 1.29 is 14.3 Å². The Labute approximate surface area is 222 Å². The number of piperazine rings is 1. The third-order valence-corrected chi connectivity index (χ3v) is 7.76. The van der Waals surface area contributed by atoms with Gasteiger partial charge in [-0.15, -0.1) is 0 Å². The SMILES string of the molecule is COc1ccc(OCC2CCCN(C(=O)CN3CCN(c4cc[nH]c5cnc6nccc6c45)CC3)C2)cc1. The fourth-order valence-electron chi connectivity index (χ4n) is 5.65. The predicted octanol–water partition coefficient (Wildman–Crippen LogP) is 3.56. The molecule has 6 rings (SSSR count). The number of H-pyrrole nitrogens is 1. The van der Waals surface area contributed by atoms with Gasteiger partial charge in [0.15, 0.2) is 5.65 Å². The lowest BCUT2D eigenvalue weighted by atomic mass is 9.99. The average Bonchev–Trinajstić information content (AvgIpc) is 3.46. The van der Waals surface area contributed by atoms with E-state index in [2.05, 4.69) is 30.8 Å². The minimum absolute atomic E-state index is 0.225. The van der Waals surface area contributed by atoms with E-state index in [4.69, 9.17) is 9.47 Å². The Morgan fingerprint density at radius 1 is 1.03 bits per heavy atom. The van der Waals surface area contributed by atoms with E-state index in [9.17, 15) is 4.79 Å². The Morgan fingerprint density at radius 3 is 2.66 bits per heavy atom. The number of hydrogen-bond donors (Lipinski definition) is 1.